The zero-order valence-corrected chi connectivity index (χ0v) is 10.8. The van der Waals surface area contributed by atoms with Crippen LogP contribution in [0.1, 0.15) is 20.7 Å². The van der Waals surface area contributed by atoms with Crippen molar-refractivity contribution < 1.29 is 14.7 Å². The number of carboxylic acids is 1. The van der Waals surface area contributed by atoms with E-state index in [-0.39, 0.29) is 22.1 Å². The maximum atomic E-state index is 11.4. The molecule has 0 bridgehead atoms. The van der Waals surface area contributed by atoms with E-state index >= 15 is 0 Å². The number of aromatic nitrogens is 3. The van der Waals surface area contributed by atoms with E-state index in [4.69, 9.17) is 5.73 Å². The van der Waals surface area contributed by atoms with Crippen LogP contribution in [0, 0.1) is 0 Å². The Morgan fingerprint density at radius 3 is 2.43 bits per heavy atom. The summed E-state index contributed by atoms with van der Waals surface area (Å²) in [6.45, 7) is 3.68. The van der Waals surface area contributed by atoms with Crippen LogP contribution < -0.4 is 11.1 Å². The van der Waals surface area contributed by atoms with Gasteiger partial charge < -0.3 is 10.8 Å². The lowest BCUT2D eigenvalue weighted by Gasteiger charge is -1.95. The topological polar surface area (TPSA) is 111 Å². The van der Waals surface area contributed by atoms with Gasteiger partial charge >= 0.3 is 5.97 Å². The first kappa shape index (κ1) is 12.8. The number of carbonyl (C=O) groups excluding carboxylic acids is 1. The van der Waals surface area contributed by atoms with Gasteiger partial charge in [0.2, 0.25) is 0 Å². The van der Waals surface area contributed by atoms with Crippen LogP contribution in [0.3, 0.4) is 0 Å². The lowest BCUT2D eigenvalue weighted by molar-refractivity contribution is 0.0694. The Labute approximate surface area is 118 Å². The van der Waals surface area contributed by atoms with Crippen molar-refractivity contribution in [2.45, 2.75) is 0 Å². The van der Waals surface area contributed by atoms with E-state index in [0.717, 1.165) is 5.56 Å². The van der Waals surface area contributed by atoms with Gasteiger partial charge in [-0.2, -0.15) is 0 Å². The largest absolute Gasteiger partial charge is 0.478 e. The predicted octanol–water partition coefficient (Wildman–Crippen LogP) is 0.323. The molecule has 0 unspecified atom stereocenters. The minimum Gasteiger partial charge on any atom is -0.478 e. The van der Waals surface area contributed by atoms with Crippen LogP contribution >= 0.6 is 0 Å². The molecule has 3 rings (SSSR count). The number of carboxylic acid groups (broad SMARTS) is 1. The Kier molecular flexibility index (Phi) is 2.69. The van der Waals surface area contributed by atoms with Crippen molar-refractivity contribution in [3.8, 4) is 11.4 Å². The molecule has 0 spiro atoms. The van der Waals surface area contributed by atoms with Crippen molar-refractivity contribution >= 4 is 24.1 Å². The molecule has 3 aromatic rings. The summed E-state index contributed by atoms with van der Waals surface area (Å²) in [7, 11) is 0. The Bertz CT molecular complexity index is 915. The minimum atomic E-state index is -1.30. The van der Waals surface area contributed by atoms with Crippen molar-refractivity contribution in [3.05, 3.63) is 46.8 Å². The fourth-order valence-electron chi connectivity index (χ4n) is 2.20. The summed E-state index contributed by atoms with van der Waals surface area (Å²) in [4.78, 5) is 27.0. The van der Waals surface area contributed by atoms with Crippen LogP contribution in [0.2, 0.25) is 0 Å². The molecule has 0 aliphatic carbocycles. The molecule has 0 atom stereocenters. The molecule has 7 heteroatoms. The van der Waals surface area contributed by atoms with E-state index in [9.17, 15) is 14.7 Å². The second-order valence-corrected chi connectivity index (χ2v) is 4.40. The van der Waals surface area contributed by atoms with E-state index in [1.165, 1.54) is 4.52 Å². The van der Waals surface area contributed by atoms with Gasteiger partial charge in [0.25, 0.3) is 5.91 Å². The second-order valence-electron chi connectivity index (χ2n) is 4.40. The number of hydrogen-bond acceptors (Lipinski definition) is 4. The van der Waals surface area contributed by atoms with Crippen LogP contribution in [-0.2, 0) is 0 Å². The molecule has 0 fully saturated rings. The summed E-state index contributed by atoms with van der Waals surface area (Å²) in [5, 5.41) is 13.6. The van der Waals surface area contributed by atoms with Crippen LogP contribution in [0.25, 0.3) is 23.6 Å². The van der Waals surface area contributed by atoms with Gasteiger partial charge in [-0.05, 0) is 0 Å². The summed E-state index contributed by atoms with van der Waals surface area (Å²) in [5.74, 6) is -1.81. The van der Waals surface area contributed by atoms with Gasteiger partial charge in [-0.25, -0.2) is 14.3 Å². The summed E-state index contributed by atoms with van der Waals surface area (Å²) in [5.41, 5.74) is 5.56. The molecule has 3 N–H and O–H groups in total. The Morgan fingerprint density at radius 1 is 1.19 bits per heavy atom. The highest BCUT2D eigenvalue weighted by Gasteiger charge is 2.26. The van der Waals surface area contributed by atoms with Crippen LogP contribution in [0.4, 0.5) is 0 Å². The highest BCUT2D eigenvalue weighted by atomic mass is 16.4. The molecule has 21 heavy (non-hydrogen) atoms. The van der Waals surface area contributed by atoms with E-state index < -0.39 is 11.9 Å². The average Bonchev–Trinajstić information content (AvgIpc) is 2.98. The standard InChI is InChI=1S/C14H10N4O3/c1-7-9(11(15)19)10(14(20)21)13-16-12(17-18(7)13)8-5-3-2-4-6-8/h2-6H,1H2,(H2,15,19)(H,20,21). The van der Waals surface area contributed by atoms with Gasteiger partial charge in [0.15, 0.2) is 11.5 Å². The smallest absolute Gasteiger partial charge is 0.340 e. The fourth-order valence-corrected chi connectivity index (χ4v) is 2.20. The zero-order chi connectivity index (χ0) is 15.1. The van der Waals surface area contributed by atoms with Gasteiger partial charge in [-0.15, -0.1) is 5.10 Å². The molecule has 0 saturated carbocycles. The molecule has 0 radical (unpaired) electrons. The highest BCUT2D eigenvalue weighted by molar-refractivity contribution is 6.08. The van der Waals surface area contributed by atoms with Crippen molar-refractivity contribution in [1.82, 2.24) is 14.6 Å². The Hall–Kier alpha value is -3.22. The monoisotopic (exact) mass is 282 g/mol. The van der Waals surface area contributed by atoms with Crippen LogP contribution in [-0.4, -0.2) is 31.6 Å². The number of nitrogens with two attached hydrogens (primary N) is 1. The molecular formula is C14H10N4O3. The molecule has 0 aliphatic heterocycles. The first-order valence-corrected chi connectivity index (χ1v) is 6.00. The number of nitrogens with zero attached hydrogens (tertiary/aromatic N) is 3. The minimum absolute atomic E-state index is 0.0557. The first-order valence-electron chi connectivity index (χ1n) is 6.00. The fraction of sp³-hybridized carbons (Fsp3) is 0. The van der Waals surface area contributed by atoms with Crippen molar-refractivity contribution in [2.75, 3.05) is 0 Å². The van der Waals surface area contributed by atoms with E-state index in [1.54, 1.807) is 12.1 Å². The molecular weight excluding hydrogens is 272 g/mol. The highest BCUT2D eigenvalue weighted by Crippen LogP contribution is 2.19. The SMILES string of the molecule is C=c1c(C(N)=O)c(C(=O)O)c2nc(-c3ccccc3)nn12. The quantitative estimate of drug-likeness (QED) is 0.718. The van der Waals surface area contributed by atoms with Gasteiger partial charge in [-0.1, -0.05) is 36.9 Å². The van der Waals surface area contributed by atoms with Crippen molar-refractivity contribution in [3.63, 3.8) is 0 Å². The summed E-state index contributed by atoms with van der Waals surface area (Å²) in [6.07, 6.45) is 0. The molecule has 2 aromatic heterocycles. The van der Waals surface area contributed by atoms with Gasteiger partial charge in [0.1, 0.15) is 5.56 Å². The third-order valence-corrected chi connectivity index (χ3v) is 3.12. The number of fused-ring (bicyclic) bond motifs is 1. The van der Waals surface area contributed by atoms with Crippen LogP contribution in [0.5, 0.6) is 0 Å². The number of hydrogen-bond donors (Lipinski definition) is 2. The summed E-state index contributed by atoms with van der Waals surface area (Å²) >= 11 is 0. The molecule has 2 heterocycles. The normalized spacial score (nSPS) is 10.9. The van der Waals surface area contributed by atoms with E-state index in [1.807, 2.05) is 18.2 Å². The molecule has 104 valence electrons. The average molecular weight is 282 g/mol. The number of primary amides is 1. The van der Waals surface area contributed by atoms with E-state index in [2.05, 4.69) is 16.7 Å². The second kappa shape index (κ2) is 4.41. The first-order chi connectivity index (χ1) is 10.0. The molecule has 7 nitrogen and oxygen atoms in total. The number of amides is 1. The third-order valence-electron chi connectivity index (χ3n) is 3.12. The Balaban J connectivity index is 2.34. The number of aromatic carboxylic acids is 1. The molecule has 1 aromatic carbocycles. The van der Waals surface area contributed by atoms with Gasteiger partial charge in [0.05, 0.1) is 10.9 Å². The van der Waals surface area contributed by atoms with Gasteiger partial charge in [-0.3, -0.25) is 4.79 Å². The Morgan fingerprint density at radius 2 is 1.86 bits per heavy atom. The van der Waals surface area contributed by atoms with Crippen molar-refractivity contribution in [2.24, 2.45) is 5.73 Å². The number of rotatable bonds is 3. The third kappa shape index (κ3) is 1.83. The number of carbonyl (C=O) groups is 2. The zero-order valence-electron chi connectivity index (χ0n) is 10.8. The van der Waals surface area contributed by atoms with Crippen molar-refractivity contribution in [1.29, 1.82) is 0 Å². The molecule has 0 aliphatic rings. The maximum Gasteiger partial charge on any atom is 0.340 e. The summed E-state index contributed by atoms with van der Waals surface area (Å²) in [6, 6.07) is 9.08. The van der Waals surface area contributed by atoms with E-state index in [0.29, 0.717) is 5.82 Å². The molecule has 1 amide bonds. The van der Waals surface area contributed by atoms with Gasteiger partial charge in [0, 0.05) is 5.56 Å². The van der Waals surface area contributed by atoms with Crippen LogP contribution in [0.15, 0.2) is 30.3 Å². The summed E-state index contributed by atoms with van der Waals surface area (Å²) < 4.78 is 1.23. The maximum absolute atomic E-state index is 11.4. The molecule has 0 saturated heterocycles. The lowest BCUT2D eigenvalue weighted by Crippen LogP contribution is -2.24. The predicted molar refractivity (Wildman–Crippen MR) is 74.6 cm³/mol. The number of benzene rings is 1. The lowest BCUT2D eigenvalue weighted by atomic mass is 10.1.